The molecule has 1 heterocycles. The Morgan fingerprint density at radius 1 is 1.35 bits per heavy atom. The number of aromatic nitrogens is 1. The molecule has 94 valence electrons. The van der Waals surface area contributed by atoms with Crippen molar-refractivity contribution in [2.24, 2.45) is 12.8 Å². The first-order valence-electron chi connectivity index (χ1n) is 5.80. The van der Waals surface area contributed by atoms with Crippen molar-refractivity contribution in [2.75, 3.05) is 11.9 Å². The minimum atomic E-state index is -0.0917. The largest absolute Gasteiger partial charge is 0.330 e. The number of carbonyl (C=O) groups excluding carboxylic acids is 1. The van der Waals surface area contributed by atoms with Gasteiger partial charge >= 0.3 is 0 Å². The molecule has 0 aliphatic heterocycles. The maximum Gasteiger partial charge on any atom is 0.250 e. The molecule has 17 heavy (non-hydrogen) atoms. The number of hydrogen-bond acceptors (Lipinski definition) is 3. The molecule has 1 amide bonds. The van der Waals surface area contributed by atoms with E-state index < -0.39 is 0 Å². The van der Waals surface area contributed by atoms with Gasteiger partial charge in [-0.3, -0.25) is 9.59 Å². The van der Waals surface area contributed by atoms with Crippen LogP contribution in [0.4, 0.5) is 5.69 Å². The fourth-order valence-electron chi connectivity index (χ4n) is 1.50. The van der Waals surface area contributed by atoms with Gasteiger partial charge in [0.25, 0.3) is 0 Å². The second-order valence-electron chi connectivity index (χ2n) is 4.01. The molecule has 5 heteroatoms. The summed E-state index contributed by atoms with van der Waals surface area (Å²) in [4.78, 5) is 22.7. The zero-order chi connectivity index (χ0) is 12.7. The number of pyridine rings is 1. The van der Waals surface area contributed by atoms with Crippen LogP contribution >= 0.6 is 0 Å². The number of nitrogens with two attached hydrogens (primary N) is 1. The molecule has 0 fully saturated rings. The fourth-order valence-corrected chi connectivity index (χ4v) is 1.50. The number of nitrogens with one attached hydrogen (secondary N) is 1. The van der Waals surface area contributed by atoms with Crippen molar-refractivity contribution in [1.29, 1.82) is 0 Å². The quantitative estimate of drug-likeness (QED) is 0.720. The lowest BCUT2D eigenvalue weighted by atomic mass is 10.2. The van der Waals surface area contributed by atoms with Crippen LogP contribution in [0.25, 0.3) is 0 Å². The maximum atomic E-state index is 11.5. The highest BCUT2D eigenvalue weighted by Gasteiger charge is 2.02. The zero-order valence-electron chi connectivity index (χ0n) is 10.1. The van der Waals surface area contributed by atoms with Gasteiger partial charge in [0.2, 0.25) is 11.5 Å². The molecule has 1 rings (SSSR count). The Morgan fingerprint density at radius 3 is 2.76 bits per heavy atom. The van der Waals surface area contributed by atoms with E-state index >= 15 is 0 Å². The Balaban J connectivity index is 2.40. The summed E-state index contributed by atoms with van der Waals surface area (Å²) in [6.45, 7) is 0.669. The molecule has 0 aliphatic carbocycles. The van der Waals surface area contributed by atoms with Gasteiger partial charge in [-0.05, 0) is 25.5 Å². The molecule has 1 aromatic heterocycles. The van der Waals surface area contributed by atoms with Crippen LogP contribution in [0.2, 0.25) is 0 Å². The summed E-state index contributed by atoms with van der Waals surface area (Å²) >= 11 is 0. The van der Waals surface area contributed by atoms with E-state index in [-0.39, 0.29) is 11.5 Å². The van der Waals surface area contributed by atoms with Crippen molar-refractivity contribution in [2.45, 2.75) is 25.7 Å². The van der Waals surface area contributed by atoms with Crippen molar-refractivity contribution in [3.05, 3.63) is 28.7 Å². The molecule has 0 radical (unpaired) electrons. The highest BCUT2D eigenvalue weighted by molar-refractivity contribution is 5.90. The molecule has 0 saturated heterocycles. The first-order chi connectivity index (χ1) is 8.13. The van der Waals surface area contributed by atoms with Gasteiger partial charge in [0.05, 0.1) is 5.69 Å². The molecule has 0 saturated carbocycles. The second-order valence-corrected chi connectivity index (χ2v) is 4.01. The normalized spacial score (nSPS) is 10.2. The minimum Gasteiger partial charge on any atom is -0.330 e. The van der Waals surface area contributed by atoms with Crippen molar-refractivity contribution < 1.29 is 4.79 Å². The molecule has 0 aromatic carbocycles. The van der Waals surface area contributed by atoms with Crippen LogP contribution in [-0.2, 0) is 11.8 Å². The number of amides is 1. The highest BCUT2D eigenvalue weighted by atomic mass is 16.1. The van der Waals surface area contributed by atoms with Crippen LogP contribution in [0.15, 0.2) is 23.1 Å². The van der Waals surface area contributed by atoms with E-state index in [1.54, 1.807) is 19.3 Å². The summed E-state index contributed by atoms with van der Waals surface area (Å²) < 4.78 is 1.43. The van der Waals surface area contributed by atoms with E-state index in [9.17, 15) is 9.59 Å². The third kappa shape index (κ3) is 4.82. The van der Waals surface area contributed by atoms with Crippen LogP contribution in [-0.4, -0.2) is 17.0 Å². The molecule has 3 N–H and O–H groups in total. The summed E-state index contributed by atoms with van der Waals surface area (Å²) in [5, 5.41) is 2.76. The Hall–Kier alpha value is -1.62. The number of nitrogens with zero attached hydrogens (tertiary/aromatic N) is 1. The molecule has 0 unspecified atom stereocenters. The van der Waals surface area contributed by atoms with Gasteiger partial charge in [0.15, 0.2) is 0 Å². The van der Waals surface area contributed by atoms with Gasteiger partial charge in [-0.15, -0.1) is 0 Å². The number of anilines is 1. The summed E-state index contributed by atoms with van der Waals surface area (Å²) in [5.41, 5.74) is 5.92. The Morgan fingerprint density at radius 2 is 2.12 bits per heavy atom. The minimum absolute atomic E-state index is 0.0272. The Kier molecular flexibility index (Phi) is 5.42. The third-order valence-corrected chi connectivity index (χ3v) is 2.48. The molecular weight excluding hydrogens is 218 g/mol. The molecule has 0 spiro atoms. The van der Waals surface area contributed by atoms with Crippen molar-refractivity contribution in [3.8, 4) is 0 Å². The average Bonchev–Trinajstić information content (AvgIpc) is 2.30. The summed E-state index contributed by atoms with van der Waals surface area (Å²) in [6.07, 6.45) is 4.86. The van der Waals surface area contributed by atoms with E-state index in [2.05, 4.69) is 5.32 Å². The van der Waals surface area contributed by atoms with E-state index in [0.29, 0.717) is 18.7 Å². The van der Waals surface area contributed by atoms with Crippen LogP contribution in [0.5, 0.6) is 0 Å². The highest BCUT2D eigenvalue weighted by Crippen LogP contribution is 2.05. The third-order valence-electron chi connectivity index (χ3n) is 2.48. The smallest absolute Gasteiger partial charge is 0.250 e. The lowest BCUT2D eigenvalue weighted by Gasteiger charge is -2.06. The second kappa shape index (κ2) is 6.85. The Bertz CT molecular complexity index is 426. The molecule has 0 atom stereocenters. The number of rotatable bonds is 6. The van der Waals surface area contributed by atoms with Crippen LogP contribution in [0, 0.1) is 0 Å². The molecule has 1 aromatic rings. The Labute approximate surface area is 101 Å². The van der Waals surface area contributed by atoms with Crippen molar-refractivity contribution in [1.82, 2.24) is 4.57 Å². The molecule has 5 nitrogen and oxygen atoms in total. The first kappa shape index (κ1) is 13.4. The fraction of sp³-hybridized carbons (Fsp3) is 0.500. The van der Waals surface area contributed by atoms with Crippen LogP contribution in [0.3, 0.4) is 0 Å². The van der Waals surface area contributed by atoms with E-state index in [4.69, 9.17) is 5.73 Å². The van der Waals surface area contributed by atoms with Gasteiger partial charge < -0.3 is 15.6 Å². The predicted molar refractivity (Wildman–Crippen MR) is 67.8 cm³/mol. The summed E-state index contributed by atoms with van der Waals surface area (Å²) in [5.74, 6) is -0.0272. The average molecular weight is 237 g/mol. The number of unbranched alkanes of at least 4 members (excludes halogenated alkanes) is 2. The molecular formula is C12H19N3O2. The predicted octanol–water partition coefficient (Wildman–Crippen LogP) is 0.843. The number of aryl methyl sites for hydroxylation is 1. The van der Waals surface area contributed by atoms with E-state index in [0.717, 1.165) is 19.3 Å². The molecule has 0 aliphatic rings. The van der Waals surface area contributed by atoms with E-state index in [1.807, 2.05) is 0 Å². The number of carbonyl (C=O) groups is 1. The SMILES string of the molecule is Cn1cc(NC(=O)CCCCCN)ccc1=O. The van der Waals surface area contributed by atoms with Crippen molar-refractivity contribution >= 4 is 11.6 Å². The van der Waals surface area contributed by atoms with Gasteiger partial charge in [-0.1, -0.05) is 6.42 Å². The van der Waals surface area contributed by atoms with Gasteiger partial charge in [-0.25, -0.2) is 0 Å². The van der Waals surface area contributed by atoms with Gasteiger partial charge in [0, 0.05) is 25.7 Å². The summed E-state index contributed by atoms with van der Waals surface area (Å²) in [6, 6.07) is 3.05. The van der Waals surface area contributed by atoms with Crippen LogP contribution in [0.1, 0.15) is 25.7 Å². The van der Waals surface area contributed by atoms with Gasteiger partial charge in [-0.2, -0.15) is 0 Å². The standard InChI is InChI=1S/C12H19N3O2/c1-15-9-10(6-7-12(15)17)14-11(16)5-3-2-4-8-13/h6-7,9H,2-5,8,13H2,1H3,(H,14,16). The van der Waals surface area contributed by atoms with Crippen LogP contribution < -0.4 is 16.6 Å². The maximum absolute atomic E-state index is 11.5. The summed E-state index contributed by atoms with van der Waals surface area (Å²) in [7, 11) is 1.65. The topological polar surface area (TPSA) is 77.1 Å². The monoisotopic (exact) mass is 237 g/mol. The zero-order valence-corrected chi connectivity index (χ0v) is 10.1. The number of hydrogen-bond donors (Lipinski definition) is 2. The van der Waals surface area contributed by atoms with Crippen molar-refractivity contribution in [3.63, 3.8) is 0 Å². The first-order valence-corrected chi connectivity index (χ1v) is 5.80. The lowest BCUT2D eigenvalue weighted by molar-refractivity contribution is -0.116. The molecule has 0 bridgehead atoms. The van der Waals surface area contributed by atoms with E-state index in [1.165, 1.54) is 10.6 Å². The lowest BCUT2D eigenvalue weighted by Crippen LogP contribution is -2.17. The van der Waals surface area contributed by atoms with Gasteiger partial charge in [0.1, 0.15) is 0 Å².